The molecule has 3 aromatic rings. The smallest absolute Gasteiger partial charge is 0.286 e. The molecule has 12 heteroatoms. The van der Waals surface area contributed by atoms with Crippen LogP contribution in [0.2, 0.25) is 0 Å². The first kappa shape index (κ1) is 24.7. The van der Waals surface area contributed by atoms with Crippen LogP contribution in [-0.4, -0.2) is 38.4 Å². The van der Waals surface area contributed by atoms with Crippen molar-refractivity contribution in [2.75, 3.05) is 16.3 Å². The number of hydrogen-bond acceptors (Lipinski definition) is 7. The molecule has 3 heterocycles. The van der Waals surface area contributed by atoms with Crippen molar-refractivity contribution in [1.29, 1.82) is 0 Å². The monoisotopic (exact) mass is 518 g/mol. The van der Waals surface area contributed by atoms with Gasteiger partial charge in [-0.05, 0) is 56.0 Å². The number of pyridine rings is 2. The van der Waals surface area contributed by atoms with Gasteiger partial charge >= 0.3 is 0 Å². The van der Waals surface area contributed by atoms with Crippen molar-refractivity contribution in [3.05, 3.63) is 63.4 Å². The van der Waals surface area contributed by atoms with Gasteiger partial charge in [0.2, 0.25) is 15.9 Å². The van der Waals surface area contributed by atoms with Gasteiger partial charge in [-0.1, -0.05) is 19.9 Å². The molecule has 1 aromatic carbocycles. The van der Waals surface area contributed by atoms with E-state index in [0.717, 1.165) is 18.7 Å². The summed E-state index contributed by atoms with van der Waals surface area (Å²) in [6, 6.07) is 9.20. The Bertz CT molecular complexity index is 1660. The van der Waals surface area contributed by atoms with Crippen LogP contribution < -0.4 is 15.5 Å². The van der Waals surface area contributed by atoms with E-state index in [9.17, 15) is 26.7 Å². The third kappa shape index (κ3) is 4.76. The Labute approximate surface area is 203 Å². The van der Waals surface area contributed by atoms with Crippen LogP contribution in [0.5, 0.6) is 5.88 Å². The molecule has 2 aromatic heterocycles. The second-order valence-electron chi connectivity index (χ2n) is 8.95. The zero-order valence-corrected chi connectivity index (χ0v) is 21.3. The minimum absolute atomic E-state index is 0.0514. The second kappa shape index (κ2) is 8.68. The highest BCUT2D eigenvalue weighted by Crippen LogP contribution is 2.33. The van der Waals surface area contributed by atoms with E-state index in [2.05, 4.69) is 14.4 Å². The predicted molar refractivity (Wildman–Crippen MR) is 135 cm³/mol. The zero-order valence-electron chi connectivity index (χ0n) is 19.7. The first-order valence-electron chi connectivity index (χ1n) is 10.9. The molecule has 0 aliphatic carbocycles. The molecule has 1 aliphatic heterocycles. The lowest BCUT2D eigenvalue weighted by molar-refractivity contribution is 0.441. The van der Waals surface area contributed by atoms with Gasteiger partial charge < -0.3 is 10.4 Å². The van der Waals surface area contributed by atoms with Gasteiger partial charge in [-0.3, -0.25) is 13.9 Å². The summed E-state index contributed by atoms with van der Waals surface area (Å²) < 4.78 is 56.7. The van der Waals surface area contributed by atoms with E-state index in [-0.39, 0.29) is 27.7 Å². The molecule has 0 amide bonds. The molecule has 35 heavy (non-hydrogen) atoms. The van der Waals surface area contributed by atoms with Crippen molar-refractivity contribution in [3.63, 3.8) is 0 Å². The number of amidine groups is 1. The number of nitrogens with one attached hydrogen (secondary N) is 2. The van der Waals surface area contributed by atoms with Crippen LogP contribution in [0.3, 0.4) is 0 Å². The summed E-state index contributed by atoms with van der Waals surface area (Å²) in [6.45, 7) is 5.84. The molecule has 1 aliphatic rings. The van der Waals surface area contributed by atoms with E-state index in [0.29, 0.717) is 29.1 Å². The number of hydrogen-bond donors (Lipinski definition) is 3. The fourth-order valence-electron chi connectivity index (χ4n) is 4.05. The Kier molecular flexibility index (Phi) is 6.14. The number of aromatic nitrogens is 1. The minimum atomic E-state index is -4.32. The molecule has 0 atom stereocenters. The number of rotatable bonds is 6. The predicted octanol–water partition coefficient (Wildman–Crippen LogP) is 2.83. The Hall–Kier alpha value is -3.38. The number of anilines is 2. The molecule has 0 unspecified atom stereocenters. The van der Waals surface area contributed by atoms with E-state index in [4.69, 9.17) is 0 Å². The Morgan fingerprint density at radius 3 is 2.57 bits per heavy atom. The molecule has 10 nitrogen and oxygen atoms in total. The molecular weight excluding hydrogens is 492 g/mol. The number of aromatic hydroxyl groups is 1. The molecule has 0 fully saturated rings. The lowest BCUT2D eigenvalue weighted by atomic mass is 9.99. The van der Waals surface area contributed by atoms with Crippen molar-refractivity contribution < 1.29 is 21.9 Å². The van der Waals surface area contributed by atoms with Crippen LogP contribution in [0.15, 0.2) is 50.5 Å². The topological polar surface area (TPSA) is 146 Å². The summed E-state index contributed by atoms with van der Waals surface area (Å²) in [5.74, 6) is -0.396. The fourth-order valence-corrected chi connectivity index (χ4v) is 5.75. The van der Waals surface area contributed by atoms with Gasteiger partial charge in [-0.2, -0.15) is 8.42 Å². The van der Waals surface area contributed by atoms with Crippen LogP contribution >= 0.6 is 0 Å². The summed E-state index contributed by atoms with van der Waals surface area (Å²) in [4.78, 5) is 13.3. The van der Waals surface area contributed by atoms with Gasteiger partial charge in [-0.15, -0.1) is 4.40 Å². The first-order chi connectivity index (χ1) is 16.3. The molecule has 4 rings (SSSR count). The van der Waals surface area contributed by atoms with Crippen LogP contribution in [0, 0.1) is 12.8 Å². The van der Waals surface area contributed by atoms with Crippen LogP contribution in [0.1, 0.15) is 37.1 Å². The SMILES string of the molecule is Cc1cccc2c(CCC(C)C)c(=O)c(C3=NS(=O)(=O)c4cc(NS(C)(=O)=O)ccc4N3)c(O)n12. The van der Waals surface area contributed by atoms with E-state index >= 15 is 0 Å². The van der Waals surface area contributed by atoms with E-state index in [1.54, 1.807) is 25.1 Å². The molecule has 0 radical (unpaired) electrons. The highest BCUT2D eigenvalue weighted by Gasteiger charge is 2.31. The van der Waals surface area contributed by atoms with Crippen molar-refractivity contribution in [2.24, 2.45) is 10.3 Å². The normalized spacial score (nSPS) is 14.9. The largest absolute Gasteiger partial charge is 0.494 e. The van der Waals surface area contributed by atoms with Crippen molar-refractivity contribution in [3.8, 4) is 5.88 Å². The van der Waals surface area contributed by atoms with E-state index in [1.165, 1.54) is 16.5 Å². The van der Waals surface area contributed by atoms with Gasteiger partial charge in [-0.25, -0.2) is 8.42 Å². The fraction of sp³-hybridized carbons (Fsp3) is 0.304. The van der Waals surface area contributed by atoms with Gasteiger partial charge in [0.1, 0.15) is 10.5 Å². The lowest BCUT2D eigenvalue weighted by Crippen LogP contribution is -2.30. The van der Waals surface area contributed by atoms with Crippen LogP contribution in [0.4, 0.5) is 11.4 Å². The Morgan fingerprint density at radius 2 is 1.91 bits per heavy atom. The van der Waals surface area contributed by atoms with Crippen molar-refractivity contribution in [2.45, 2.75) is 38.5 Å². The highest BCUT2D eigenvalue weighted by atomic mass is 32.2. The van der Waals surface area contributed by atoms with E-state index in [1.807, 2.05) is 13.8 Å². The van der Waals surface area contributed by atoms with Crippen LogP contribution in [-0.2, 0) is 26.5 Å². The molecule has 0 saturated heterocycles. The Balaban J connectivity index is 1.92. The molecule has 3 N–H and O–H groups in total. The molecule has 0 bridgehead atoms. The number of nitrogens with zero attached hydrogens (tertiary/aromatic N) is 2. The maximum Gasteiger partial charge on any atom is 0.286 e. The molecular formula is C23H26N4O6S2. The van der Waals surface area contributed by atoms with Crippen molar-refractivity contribution in [1.82, 2.24) is 4.40 Å². The van der Waals surface area contributed by atoms with Crippen LogP contribution in [0.25, 0.3) is 5.52 Å². The molecule has 0 spiro atoms. The van der Waals surface area contributed by atoms with E-state index < -0.39 is 31.4 Å². The summed E-state index contributed by atoms with van der Waals surface area (Å²) in [5.41, 5.74) is 1.06. The molecule has 186 valence electrons. The summed E-state index contributed by atoms with van der Waals surface area (Å²) in [5, 5.41) is 14.0. The summed E-state index contributed by atoms with van der Waals surface area (Å²) >= 11 is 0. The third-order valence-corrected chi connectivity index (χ3v) is 7.59. The standard InChI is InChI=1S/C23H26N4O6S2/c1-13(2)8-10-16-18-7-5-6-14(3)27(18)23(29)20(21(16)28)22-24-17-11-9-15(25-34(4,30)31)12-19(17)35(32,33)26-22/h5-7,9,11-13,25,29H,8,10H2,1-4H3,(H,24,26). The Morgan fingerprint density at radius 1 is 1.20 bits per heavy atom. The average Bonchev–Trinajstić information content (AvgIpc) is 2.72. The first-order valence-corrected chi connectivity index (χ1v) is 14.2. The van der Waals surface area contributed by atoms with Gasteiger partial charge in [0.25, 0.3) is 10.0 Å². The van der Waals surface area contributed by atoms with Gasteiger partial charge in [0, 0.05) is 16.9 Å². The second-order valence-corrected chi connectivity index (χ2v) is 12.3. The number of benzene rings is 1. The summed E-state index contributed by atoms with van der Waals surface area (Å²) in [6.07, 6.45) is 2.11. The van der Waals surface area contributed by atoms with Gasteiger partial charge in [0.05, 0.1) is 17.5 Å². The quantitative estimate of drug-likeness (QED) is 0.455. The molecule has 0 saturated carbocycles. The summed E-state index contributed by atoms with van der Waals surface area (Å²) in [7, 11) is -7.95. The minimum Gasteiger partial charge on any atom is -0.494 e. The maximum absolute atomic E-state index is 13.6. The average molecular weight is 519 g/mol. The number of aryl methyl sites for hydroxylation is 2. The zero-order chi connectivity index (χ0) is 25.7. The van der Waals surface area contributed by atoms with Gasteiger partial charge in [0.15, 0.2) is 11.3 Å². The lowest BCUT2D eigenvalue weighted by Gasteiger charge is -2.21. The number of fused-ring (bicyclic) bond motifs is 2. The van der Waals surface area contributed by atoms with Crippen molar-refractivity contribution >= 4 is 42.8 Å². The number of sulfonamides is 2. The highest BCUT2D eigenvalue weighted by molar-refractivity contribution is 7.92. The third-order valence-electron chi connectivity index (χ3n) is 5.67. The maximum atomic E-state index is 13.6.